The molecular weight excluding hydrogens is 278 g/mol. The number of halogens is 1. The fourth-order valence-electron chi connectivity index (χ4n) is 1.98. The summed E-state index contributed by atoms with van der Waals surface area (Å²) in [6.07, 6.45) is 0.479. The van der Waals surface area contributed by atoms with Crippen LogP contribution >= 0.6 is 11.6 Å². The highest BCUT2D eigenvalue weighted by Gasteiger charge is 2.27. The maximum absolute atomic E-state index is 12.4. The summed E-state index contributed by atoms with van der Waals surface area (Å²) in [4.78, 5) is 14.0. The van der Waals surface area contributed by atoms with Crippen LogP contribution in [0.5, 0.6) is 0 Å². The van der Waals surface area contributed by atoms with Crippen LogP contribution in [0.3, 0.4) is 0 Å². The van der Waals surface area contributed by atoms with E-state index in [1.807, 2.05) is 26.0 Å². The quantitative estimate of drug-likeness (QED) is 0.379. The maximum Gasteiger partial charge on any atom is 0.233 e. The van der Waals surface area contributed by atoms with Gasteiger partial charge >= 0.3 is 0 Å². The number of amidine groups is 1. The predicted molar refractivity (Wildman–Crippen MR) is 79.8 cm³/mol. The number of nitrogens with two attached hydrogens (primary N) is 1. The maximum atomic E-state index is 12.4. The van der Waals surface area contributed by atoms with Crippen molar-refractivity contribution in [3.63, 3.8) is 0 Å². The number of hydrogen-bond acceptors (Lipinski definition) is 3. The number of rotatable bonds is 5. The Morgan fingerprint density at radius 2 is 2.00 bits per heavy atom. The zero-order chi connectivity index (χ0) is 15.3. The molecule has 3 N–H and O–H groups in total. The summed E-state index contributed by atoms with van der Waals surface area (Å²) in [7, 11) is 1.70. The minimum atomic E-state index is -0.611. The van der Waals surface area contributed by atoms with Gasteiger partial charge in [0.2, 0.25) is 5.91 Å². The van der Waals surface area contributed by atoms with Gasteiger partial charge in [-0.3, -0.25) is 4.79 Å². The van der Waals surface area contributed by atoms with Crippen LogP contribution in [0, 0.1) is 5.92 Å². The summed E-state index contributed by atoms with van der Waals surface area (Å²) >= 11 is 5.85. The zero-order valence-corrected chi connectivity index (χ0v) is 12.6. The zero-order valence-electron chi connectivity index (χ0n) is 11.9. The lowest BCUT2D eigenvalue weighted by Gasteiger charge is -2.28. The Hall–Kier alpha value is -1.75. The highest BCUT2D eigenvalue weighted by atomic mass is 35.5. The van der Waals surface area contributed by atoms with Crippen molar-refractivity contribution in [2.24, 2.45) is 16.8 Å². The summed E-state index contributed by atoms with van der Waals surface area (Å²) in [5, 5.41) is 12.3. The molecule has 0 radical (unpaired) electrons. The van der Waals surface area contributed by atoms with Crippen molar-refractivity contribution in [2.75, 3.05) is 7.05 Å². The molecule has 5 nitrogen and oxygen atoms in total. The molecule has 20 heavy (non-hydrogen) atoms. The molecule has 0 spiro atoms. The van der Waals surface area contributed by atoms with Crippen LogP contribution in [0.1, 0.15) is 31.9 Å². The second-order valence-electron chi connectivity index (χ2n) is 4.66. The van der Waals surface area contributed by atoms with Gasteiger partial charge in [-0.25, -0.2) is 0 Å². The minimum absolute atomic E-state index is 0.0624. The van der Waals surface area contributed by atoms with E-state index in [9.17, 15) is 4.79 Å². The van der Waals surface area contributed by atoms with Gasteiger partial charge in [-0.2, -0.15) is 0 Å². The Morgan fingerprint density at radius 3 is 2.45 bits per heavy atom. The Labute approximate surface area is 124 Å². The van der Waals surface area contributed by atoms with E-state index < -0.39 is 5.92 Å². The molecule has 0 aliphatic heterocycles. The van der Waals surface area contributed by atoms with Crippen molar-refractivity contribution in [1.29, 1.82) is 0 Å². The lowest BCUT2D eigenvalue weighted by atomic mass is 10.0. The number of oxime groups is 1. The first-order chi connectivity index (χ1) is 9.42. The van der Waals surface area contributed by atoms with Gasteiger partial charge in [-0.15, -0.1) is 0 Å². The molecule has 0 fully saturated rings. The van der Waals surface area contributed by atoms with Crippen molar-refractivity contribution < 1.29 is 10.0 Å². The summed E-state index contributed by atoms with van der Waals surface area (Å²) in [5.41, 5.74) is 6.53. The van der Waals surface area contributed by atoms with Gasteiger partial charge in [0.25, 0.3) is 0 Å². The van der Waals surface area contributed by atoms with E-state index in [-0.39, 0.29) is 17.8 Å². The van der Waals surface area contributed by atoms with E-state index in [0.717, 1.165) is 5.56 Å². The minimum Gasteiger partial charge on any atom is -0.409 e. The van der Waals surface area contributed by atoms with Crippen molar-refractivity contribution in [1.82, 2.24) is 4.90 Å². The third-order valence-corrected chi connectivity index (χ3v) is 3.71. The molecule has 1 aromatic carbocycles. The summed E-state index contributed by atoms with van der Waals surface area (Å²) in [5.74, 6) is -0.849. The van der Waals surface area contributed by atoms with Gasteiger partial charge < -0.3 is 15.8 Å². The fraction of sp³-hybridized carbons (Fsp3) is 0.429. The number of hydrogen-bond donors (Lipinski definition) is 2. The Bertz CT molecular complexity index is 488. The number of benzene rings is 1. The van der Waals surface area contributed by atoms with E-state index in [4.69, 9.17) is 22.5 Å². The van der Waals surface area contributed by atoms with Gasteiger partial charge in [0.1, 0.15) is 0 Å². The van der Waals surface area contributed by atoms with Crippen LogP contribution in [0.15, 0.2) is 29.4 Å². The lowest BCUT2D eigenvalue weighted by molar-refractivity contribution is -0.134. The molecule has 1 aromatic rings. The van der Waals surface area contributed by atoms with Crippen molar-refractivity contribution in [3.8, 4) is 0 Å². The number of amides is 1. The largest absolute Gasteiger partial charge is 0.409 e. The highest BCUT2D eigenvalue weighted by molar-refractivity contribution is 6.30. The molecule has 0 saturated carbocycles. The molecule has 0 heterocycles. The van der Waals surface area contributed by atoms with Crippen molar-refractivity contribution in [3.05, 3.63) is 34.9 Å². The molecule has 0 bridgehead atoms. The molecule has 0 aromatic heterocycles. The number of nitrogens with zero attached hydrogens (tertiary/aromatic N) is 2. The van der Waals surface area contributed by atoms with Crippen molar-refractivity contribution in [2.45, 2.75) is 26.3 Å². The third-order valence-electron chi connectivity index (χ3n) is 3.46. The van der Waals surface area contributed by atoms with E-state index in [1.54, 1.807) is 24.1 Å². The number of carbonyl (C=O) groups is 1. The SMILES string of the molecule is CCC(C(=O)N(C)C(C)c1ccc(Cl)cc1)C(N)=NO. The smallest absolute Gasteiger partial charge is 0.233 e. The second-order valence-corrected chi connectivity index (χ2v) is 5.10. The third kappa shape index (κ3) is 3.63. The molecule has 1 amide bonds. The van der Waals surface area contributed by atoms with Crippen LogP contribution in [-0.4, -0.2) is 28.9 Å². The Kier molecular flexibility index (Phi) is 5.82. The first-order valence-corrected chi connectivity index (χ1v) is 6.79. The van der Waals surface area contributed by atoms with E-state index in [0.29, 0.717) is 11.4 Å². The Morgan fingerprint density at radius 1 is 1.45 bits per heavy atom. The first kappa shape index (κ1) is 16.3. The molecule has 0 saturated heterocycles. The second kappa shape index (κ2) is 7.14. The highest BCUT2D eigenvalue weighted by Crippen LogP contribution is 2.23. The fourth-order valence-corrected chi connectivity index (χ4v) is 2.11. The average Bonchev–Trinajstić information content (AvgIpc) is 2.46. The van der Waals surface area contributed by atoms with Gasteiger partial charge in [-0.05, 0) is 31.0 Å². The molecular formula is C14H20ClN3O2. The van der Waals surface area contributed by atoms with E-state index in [2.05, 4.69) is 5.16 Å². The molecule has 2 unspecified atom stereocenters. The van der Waals surface area contributed by atoms with Crippen LogP contribution in [-0.2, 0) is 4.79 Å². The van der Waals surface area contributed by atoms with Crippen molar-refractivity contribution >= 4 is 23.3 Å². The summed E-state index contributed by atoms with van der Waals surface area (Å²) in [6.45, 7) is 3.74. The van der Waals surface area contributed by atoms with Crippen LogP contribution in [0.25, 0.3) is 0 Å². The van der Waals surface area contributed by atoms with Gasteiger partial charge in [0.05, 0.1) is 12.0 Å². The molecule has 2 atom stereocenters. The van der Waals surface area contributed by atoms with Gasteiger partial charge in [0, 0.05) is 12.1 Å². The standard InChI is InChI=1S/C14H20ClN3O2/c1-4-12(13(16)17-20)14(19)18(3)9(2)10-5-7-11(15)8-6-10/h5-9,12,20H,4H2,1-3H3,(H2,16,17). The topological polar surface area (TPSA) is 78.9 Å². The average molecular weight is 298 g/mol. The first-order valence-electron chi connectivity index (χ1n) is 6.41. The molecule has 6 heteroatoms. The Balaban J connectivity index is 2.90. The van der Waals surface area contributed by atoms with Crippen LogP contribution < -0.4 is 5.73 Å². The molecule has 0 aliphatic carbocycles. The predicted octanol–water partition coefficient (Wildman–Crippen LogP) is 2.63. The number of carbonyl (C=O) groups excluding carboxylic acids is 1. The summed E-state index contributed by atoms with van der Waals surface area (Å²) in [6, 6.07) is 7.20. The van der Waals surface area contributed by atoms with Gasteiger partial charge in [-0.1, -0.05) is 35.8 Å². The van der Waals surface area contributed by atoms with E-state index >= 15 is 0 Å². The molecule has 0 aliphatic rings. The molecule has 1 rings (SSSR count). The van der Waals surface area contributed by atoms with Crippen LogP contribution in [0.2, 0.25) is 5.02 Å². The van der Waals surface area contributed by atoms with Gasteiger partial charge in [0.15, 0.2) is 5.84 Å². The van der Waals surface area contributed by atoms with Crippen LogP contribution in [0.4, 0.5) is 0 Å². The lowest BCUT2D eigenvalue weighted by Crippen LogP contribution is -2.40. The van der Waals surface area contributed by atoms with E-state index in [1.165, 1.54) is 0 Å². The monoisotopic (exact) mass is 297 g/mol. The molecule has 110 valence electrons. The summed E-state index contributed by atoms with van der Waals surface area (Å²) < 4.78 is 0. The normalized spacial score (nSPS) is 14.7.